The van der Waals surface area contributed by atoms with Crippen LogP contribution in [0.3, 0.4) is 0 Å². The number of para-hydroxylation sites is 2. The maximum absolute atomic E-state index is 13.9. The molecule has 1 saturated heterocycles. The van der Waals surface area contributed by atoms with Crippen molar-refractivity contribution in [1.82, 2.24) is 19.4 Å². The lowest BCUT2D eigenvalue weighted by molar-refractivity contribution is 0.0776. The quantitative estimate of drug-likeness (QED) is 0.102. The van der Waals surface area contributed by atoms with Crippen molar-refractivity contribution in [1.29, 1.82) is 0 Å². The normalized spacial score (nSPS) is 17.2. The number of ketones is 1. The van der Waals surface area contributed by atoms with E-state index in [0.717, 1.165) is 61.1 Å². The molecule has 3 aromatic carbocycles. The van der Waals surface area contributed by atoms with Crippen LogP contribution in [0.25, 0.3) is 11.0 Å². The lowest BCUT2D eigenvalue weighted by Gasteiger charge is -2.33. The predicted octanol–water partition coefficient (Wildman–Crippen LogP) is 8.26. The number of likely N-dealkylation sites (tertiary alicyclic amines) is 1. The van der Waals surface area contributed by atoms with Crippen LogP contribution in [0.4, 0.5) is 0 Å². The topological polar surface area (TPSA) is 105 Å². The monoisotopic (exact) mass is 713 g/mol. The molecule has 0 spiro atoms. The number of Topliss-reactive ketones (excluding diaryl/α,β-unsaturated/α-hetero) is 1. The Morgan fingerprint density at radius 2 is 1.86 bits per heavy atom. The highest BCUT2D eigenvalue weighted by atomic mass is 35.5. The van der Waals surface area contributed by atoms with E-state index >= 15 is 0 Å². The van der Waals surface area contributed by atoms with Gasteiger partial charge in [-0.3, -0.25) is 9.59 Å². The number of likely N-dealkylation sites (N-methyl/N-ethyl adjacent to an activating group) is 1. The van der Waals surface area contributed by atoms with Crippen molar-refractivity contribution in [2.75, 3.05) is 40.3 Å². The van der Waals surface area contributed by atoms with Gasteiger partial charge in [0.1, 0.15) is 11.8 Å². The number of hydrogen-bond donors (Lipinski definition) is 0. The Morgan fingerprint density at radius 3 is 2.58 bits per heavy atom. The van der Waals surface area contributed by atoms with E-state index in [2.05, 4.69) is 26.4 Å². The zero-order chi connectivity index (χ0) is 35.2. The Morgan fingerprint density at radius 1 is 1.06 bits per heavy atom. The van der Waals surface area contributed by atoms with Gasteiger partial charge in [0.25, 0.3) is 5.91 Å². The summed E-state index contributed by atoms with van der Waals surface area (Å²) in [6.45, 7) is 5.46. The smallest absolute Gasteiger partial charge is 0.257 e. The highest BCUT2D eigenvalue weighted by molar-refractivity contribution is 6.42. The van der Waals surface area contributed by atoms with Crippen molar-refractivity contribution in [3.8, 4) is 5.75 Å². The van der Waals surface area contributed by atoms with Crippen LogP contribution in [0.1, 0.15) is 70.2 Å². The second-order valence-electron chi connectivity index (χ2n) is 12.8. The molecule has 0 N–H and O–H groups in total. The summed E-state index contributed by atoms with van der Waals surface area (Å²) in [6.07, 6.45) is 8.00. The molecule has 0 radical (unpaired) electrons. The van der Waals surface area contributed by atoms with E-state index in [0.29, 0.717) is 40.3 Å². The minimum atomic E-state index is -0.333. The number of carbonyl (C=O) groups excluding carboxylic acids is 2. The van der Waals surface area contributed by atoms with Crippen LogP contribution in [-0.4, -0.2) is 77.6 Å². The van der Waals surface area contributed by atoms with Crippen LogP contribution in [-0.2, 0) is 6.54 Å². The molecule has 0 saturated carbocycles. The fourth-order valence-electron chi connectivity index (χ4n) is 6.79. The summed E-state index contributed by atoms with van der Waals surface area (Å²) in [6, 6.07) is 18.7. The van der Waals surface area contributed by atoms with Crippen LogP contribution < -0.4 is 4.74 Å². The maximum atomic E-state index is 13.9. The van der Waals surface area contributed by atoms with Crippen molar-refractivity contribution in [3.05, 3.63) is 105 Å². The number of allylic oxidation sites excluding steroid dienone is 2. The molecule has 6 rings (SSSR count). The summed E-state index contributed by atoms with van der Waals surface area (Å²) in [4.78, 5) is 36.6. The van der Waals surface area contributed by atoms with E-state index < -0.39 is 0 Å². The molecular formula is C38H41Cl2N7O3. The Balaban J connectivity index is 1.13. The average molecular weight is 715 g/mol. The van der Waals surface area contributed by atoms with E-state index in [1.807, 2.05) is 60.0 Å². The number of ether oxygens (including phenoxy) is 1. The van der Waals surface area contributed by atoms with E-state index in [1.165, 1.54) is 0 Å². The number of piperidine rings is 1. The van der Waals surface area contributed by atoms with Crippen LogP contribution in [0.2, 0.25) is 10.0 Å². The average Bonchev–Trinajstić information content (AvgIpc) is 3.82. The third-order valence-electron chi connectivity index (χ3n) is 9.64. The molecular weight excluding hydrogens is 673 g/mol. The number of fused-ring (bicyclic) bond motifs is 1. The molecule has 3 heterocycles. The fourth-order valence-corrected chi connectivity index (χ4v) is 7.09. The number of imidazole rings is 1. The zero-order valence-corrected chi connectivity index (χ0v) is 30.0. The van der Waals surface area contributed by atoms with Gasteiger partial charge in [-0.25, -0.2) is 4.98 Å². The van der Waals surface area contributed by atoms with Gasteiger partial charge in [-0.2, -0.15) is 5.11 Å². The van der Waals surface area contributed by atoms with Gasteiger partial charge in [0, 0.05) is 32.0 Å². The minimum absolute atomic E-state index is 0.0189. The van der Waals surface area contributed by atoms with E-state index in [-0.39, 0.29) is 29.6 Å². The molecule has 4 aromatic rings. The lowest BCUT2D eigenvalue weighted by atomic mass is 9.90. The van der Waals surface area contributed by atoms with Gasteiger partial charge in [-0.15, -0.1) is 5.10 Å². The third kappa shape index (κ3) is 7.83. The molecule has 260 valence electrons. The summed E-state index contributed by atoms with van der Waals surface area (Å²) in [7, 11) is 3.36. The summed E-state index contributed by atoms with van der Waals surface area (Å²) in [5.74, 6) is 0.873. The fraction of sp³-hybridized carbons (Fsp3) is 0.368. The number of aromatic nitrogens is 2. The number of nitrogens with zero attached hydrogens (tertiary/aromatic N) is 7. The first-order valence-electron chi connectivity index (χ1n) is 16.9. The summed E-state index contributed by atoms with van der Waals surface area (Å²) < 4.78 is 7.60. The number of halogens is 2. The van der Waals surface area contributed by atoms with E-state index in [4.69, 9.17) is 32.9 Å². The molecule has 10 nitrogen and oxygen atoms in total. The molecule has 2 aliphatic heterocycles. The summed E-state index contributed by atoms with van der Waals surface area (Å²) in [5, 5.41) is 12.6. The van der Waals surface area contributed by atoms with E-state index in [1.54, 1.807) is 43.5 Å². The number of benzene rings is 3. The lowest BCUT2D eigenvalue weighted by Crippen LogP contribution is -2.38. The van der Waals surface area contributed by atoms with Gasteiger partial charge in [0.15, 0.2) is 5.82 Å². The molecule has 2 atom stereocenters. The SMILES string of the molecule is C/C=C/Cn1c(C(=O)C2CCN(CCC(CN(C)C(=O)c3cc(C4C=NN=N4)ccc3OC)c3ccc(Cl)c(Cl)c3)CC2)nc2ccccc21. The number of methoxy groups -OCH3 is 1. The Hall–Kier alpha value is -4.38. The van der Waals surface area contributed by atoms with Gasteiger partial charge in [0.05, 0.1) is 40.0 Å². The minimum Gasteiger partial charge on any atom is -0.496 e. The van der Waals surface area contributed by atoms with Crippen molar-refractivity contribution in [3.63, 3.8) is 0 Å². The van der Waals surface area contributed by atoms with Crippen molar-refractivity contribution in [2.45, 2.75) is 44.7 Å². The highest BCUT2D eigenvalue weighted by Crippen LogP contribution is 2.32. The first-order chi connectivity index (χ1) is 24.3. The molecule has 2 aliphatic rings. The van der Waals surface area contributed by atoms with Crippen molar-refractivity contribution in [2.24, 2.45) is 21.4 Å². The molecule has 2 unspecified atom stereocenters. The highest BCUT2D eigenvalue weighted by Gasteiger charge is 2.30. The van der Waals surface area contributed by atoms with Gasteiger partial charge < -0.3 is 19.1 Å². The Labute approximate surface area is 302 Å². The second-order valence-corrected chi connectivity index (χ2v) is 13.6. The number of rotatable bonds is 13. The van der Waals surface area contributed by atoms with Gasteiger partial charge in [-0.05, 0) is 98.6 Å². The number of carbonyl (C=O) groups is 2. The number of hydrogen-bond acceptors (Lipinski definition) is 8. The first-order valence-corrected chi connectivity index (χ1v) is 17.7. The standard InChI is InChI=1S/C38H41Cl2N7O3/c1-4-5-17-47-34-9-7-6-8-32(34)42-37(47)36(48)25-14-18-46(19-15-25)20-16-28(26-10-12-30(39)31(40)22-26)24-45(2)38(49)29-21-27(11-13-35(29)50-3)33-23-41-44-43-33/h4-13,21-23,25,28,33H,14-20,24H2,1-3H3/b5-4+. The summed E-state index contributed by atoms with van der Waals surface area (Å²) in [5.41, 5.74) is 4.08. The van der Waals surface area contributed by atoms with Crippen LogP contribution >= 0.6 is 23.2 Å². The van der Waals surface area contributed by atoms with Gasteiger partial charge >= 0.3 is 0 Å². The third-order valence-corrected chi connectivity index (χ3v) is 10.4. The largest absolute Gasteiger partial charge is 0.496 e. The molecule has 1 aromatic heterocycles. The molecule has 0 bridgehead atoms. The molecule has 0 aliphatic carbocycles. The molecule has 1 amide bonds. The van der Waals surface area contributed by atoms with Crippen LogP contribution in [0.5, 0.6) is 5.75 Å². The second kappa shape index (κ2) is 16.1. The van der Waals surface area contributed by atoms with Crippen LogP contribution in [0, 0.1) is 5.92 Å². The molecule has 50 heavy (non-hydrogen) atoms. The summed E-state index contributed by atoms with van der Waals surface area (Å²) >= 11 is 12.8. The number of amides is 1. The predicted molar refractivity (Wildman–Crippen MR) is 198 cm³/mol. The van der Waals surface area contributed by atoms with Crippen LogP contribution in [0.15, 0.2) is 88.3 Å². The van der Waals surface area contributed by atoms with Gasteiger partial charge in [0.2, 0.25) is 5.78 Å². The van der Waals surface area contributed by atoms with Crippen molar-refractivity contribution < 1.29 is 14.3 Å². The molecule has 1 fully saturated rings. The zero-order valence-electron chi connectivity index (χ0n) is 28.5. The van der Waals surface area contributed by atoms with Gasteiger partial charge in [-0.1, -0.05) is 59.6 Å². The Kier molecular flexibility index (Phi) is 11.4. The maximum Gasteiger partial charge on any atom is 0.257 e. The molecule has 12 heteroatoms. The van der Waals surface area contributed by atoms with E-state index in [9.17, 15) is 9.59 Å². The Bertz CT molecular complexity index is 1940. The van der Waals surface area contributed by atoms with Crippen molar-refractivity contribution >= 4 is 52.1 Å². The first kappa shape index (κ1) is 35.4.